The molecule has 4 N–H and O–H groups in total. The molecule has 3 heterocycles. The average molecular weight is 594 g/mol. The fourth-order valence-corrected chi connectivity index (χ4v) is 8.14. The number of hydrogen-bond donors (Lipinski definition) is 4. The minimum absolute atomic E-state index is 0.127. The first-order chi connectivity index (χ1) is 19.6. The number of carbonyl (C=O) groups is 4. The van der Waals surface area contributed by atoms with Gasteiger partial charge in [-0.2, -0.15) is 4.31 Å². The highest BCUT2D eigenvalue weighted by atomic mass is 32.2. The third kappa shape index (κ3) is 6.87. The maximum Gasteiger partial charge on any atom is 0.330 e. The van der Waals surface area contributed by atoms with Crippen molar-refractivity contribution in [2.75, 3.05) is 25.4 Å². The zero-order valence-electron chi connectivity index (χ0n) is 23.6. The standard InChI is InChI=1S/C28H43N5O7S/c34-24-23-11-8-15-33(23)25(35)21(10-5-3-1-2-4-9-20-17-28(20,31-24)26(36)37)29-27(38)30-22(19-12-13-19)18-32-14-6-7-16-41(32,39)40/h4,9,19-23H,1-3,5-8,10-18H2,(H,31,34)(H,36,37)(H2,29,30,38)/b9-4-/t20?,21-,22?,23-,28+/m0/s1. The van der Waals surface area contributed by atoms with E-state index in [-0.39, 0.29) is 36.1 Å². The van der Waals surface area contributed by atoms with Gasteiger partial charge in [0.15, 0.2) is 0 Å². The summed E-state index contributed by atoms with van der Waals surface area (Å²) in [6.45, 7) is 1.04. The quantitative estimate of drug-likeness (QED) is 0.337. The molecule has 5 atom stereocenters. The third-order valence-corrected chi connectivity index (χ3v) is 11.2. The number of allylic oxidation sites excluding steroid dienone is 1. The highest BCUT2D eigenvalue weighted by Crippen LogP contribution is 2.45. The Hall–Kier alpha value is -2.67. The van der Waals surface area contributed by atoms with E-state index in [2.05, 4.69) is 16.0 Å². The van der Waals surface area contributed by atoms with Crippen molar-refractivity contribution >= 4 is 33.8 Å². The molecule has 3 aliphatic heterocycles. The predicted molar refractivity (Wildman–Crippen MR) is 150 cm³/mol. The number of nitrogens with zero attached hydrogens (tertiary/aromatic N) is 2. The highest BCUT2D eigenvalue weighted by molar-refractivity contribution is 7.89. The lowest BCUT2D eigenvalue weighted by Crippen LogP contribution is -2.58. The van der Waals surface area contributed by atoms with Crippen LogP contribution in [0.25, 0.3) is 0 Å². The van der Waals surface area contributed by atoms with Gasteiger partial charge in [-0.1, -0.05) is 25.0 Å². The lowest BCUT2D eigenvalue weighted by atomic mass is 10.0. The Bertz CT molecular complexity index is 1170. The van der Waals surface area contributed by atoms with Gasteiger partial charge in [-0.05, 0) is 70.1 Å². The van der Waals surface area contributed by atoms with Gasteiger partial charge in [0.2, 0.25) is 21.8 Å². The Balaban J connectivity index is 1.27. The van der Waals surface area contributed by atoms with Crippen molar-refractivity contribution in [2.24, 2.45) is 11.8 Å². The van der Waals surface area contributed by atoms with E-state index in [9.17, 15) is 32.7 Å². The van der Waals surface area contributed by atoms with Gasteiger partial charge >= 0.3 is 12.0 Å². The molecule has 0 radical (unpaired) electrons. The van der Waals surface area contributed by atoms with Crippen LogP contribution in [-0.2, 0) is 24.4 Å². The van der Waals surface area contributed by atoms with Gasteiger partial charge in [0, 0.05) is 31.6 Å². The topological polar surface area (TPSA) is 165 Å². The molecule has 228 valence electrons. The third-order valence-electron chi connectivity index (χ3n) is 9.28. The Morgan fingerprint density at radius 3 is 2.59 bits per heavy atom. The number of carboxylic acids is 1. The number of amides is 4. The number of nitrogens with one attached hydrogen (secondary N) is 3. The summed E-state index contributed by atoms with van der Waals surface area (Å²) >= 11 is 0. The molecule has 2 aliphatic carbocycles. The molecule has 5 rings (SSSR count). The first kappa shape index (κ1) is 29.8. The normalized spacial score (nSPS) is 34.1. The highest BCUT2D eigenvalue weighted by Gasteiger charge is 2.61. The Kier molecular flexibility index (Phi) is 8.93. The predicted octanol–water partition coefficient (Wildman–Crippen LogP) is 1.33. The van der Waals surface area contributed by atoms with Crippen LogP contribution in [0.15, 0.2) is 12.2 Å². The molecule has 0 aromatic carbocycles. The molecule has 0 bridgehead atoms. The van der Waals surface area contributed by atoms with Crippen molar-refractivity contribution in [1.29, 1.82) is 0 Å². The van der Waals surface area contributed by atoms with Crippen LogP contribution < -0.4 is 16.0 Å². The summed E-state index contributed by atoms with van der Waals surface area (Å²) in [4.78, 5) is 53.8. The van der Waals surface area contributed by atoms with Gasteiger partial charge in [0.25, 0.3) is 0 Å². The van der Waals surface area contributed by atoms with Crippen molar-refractivity contribution in [3.8, 4) is 0 Å². The van der Waals surface area contributed by atoms with Crippen LogP contribution in [0.5, 0.6) is 0 Å². The smallest absolute Gasteiger partial charge is 0.330 e. The maximum atomic E-state index is 13.8. The number of carboxylic acid groups (broad SMARTS) is 1. The summed E-state index contributed by atoms with van der Waals surface area (Å²) in [5, 5.41) is 18.4. The van der Waals surface area contributed by atoms with E-state index in [1.807, 2.05) is 12.2 Å². The molecule has 0 spiro atoms. The van der Waals surface area contributed by atoms with Crippen LogP contribution in [0.2, 0.25) is 0 Å². The Morgan fingerprint density at radius 1 is 1.05 bits per heavy atom. The summed E-state index contributed by atoms with van der Waals surface area (Å²) in [5.74, 6) is -1.82. The van der Waals surface area contributed by atoms with Gasteiger partial charge in [-0.15, -0.1) is 0 Å². The minimum Gasteiger partial charge on any atom is -0.479 e. The molecule has 2 saturated carbocycles. The van der Waals surface area contributed by atoms with Crippen molar-refractivity contribution in [3.05, 3.63) is 12.2 Å². The first-order valence-corrected chi connectivity index (χ1v) is 16.8. The fraction of sp³-hybridized carbons (Fsp3) is 0.786. The largest absolute Gasteiger partial charge is 0.479 e. The monoisotopic (exact) mass is 593 g/mol. The molecule has 12 nitrogen and oxygen atoms in total. The second kappa shape index (κ2) is 12.3. The zero-order valence-corrected chi connectivity index (χ0v) is 24.4. The molecular weight excluding hydrogens is 550 g/mol. The zero-order chi connectivity index (χ0) is 29.2. The summed E-state index contributed by atoms with van der Waals surface area (Å²) in [7, 11) is -3.33. The molecule has 4 amide bonds. The van der Waals surface area contributed by atoms with E-state index >= 15 is 0 Å². The van der Waals surface area contributed by atoms with Gasteiger partial charge in [0.1, 0.15) is 17.6 Å². The fourth-order valence-electron chi connectivity index (χ4n) is 6.52. The van der Waals surface area contributed by atoms with Crippen LogP contribution in [0.4, 0.5) is 4.79 Å². The van der Waals surface area contributed by atoms with Crippen molar-refractivity contribution in [2.45, 2.75) is 101 Å². The van der Waals surface area contributed by atoms with Crippen LogP contribution in [0.1, 0.15) is 77.0 Å². The van der Waals surface area contributed by atoms with Crippen LogP contribution in [-0.4, -0.2) is 95.6 Å². The van der Waals surface area contributed by atoms with Gasteiger partial charge in [-0.25, -0.2) is 18.0 Å². The van der Waals surface area contributed by atoms with Gasteiger partial charge in [0.05, 0.1) is 5.75 Å². The second-order valence-corrected chi connectivity index (χ2v) is 14.4. The van der Waals surface area contributed by atoms with Crippen LogP contribution in [0.3, 0.4) is 0 Å². The van der Waals surface area contributed by atoms with Crippen molar-refractivity contribution in [1.82, 2.24) is 25.2 Å². The average Bonchev–Trinajstić information content (AvgIpc) is 3.83. The lowest BCUT2D eigenvalue weighted by Gasteiger charge is -2.32. The summed E-state index contributed by atoms with van der Waals surface area (Å²) in [6, 6.07) is -2.48. The van der Waals surface area contributed by atoms with Crippen LogP contribution >= 0.6 is 0 Å². The minimum atomic E-state index is -3.33. The molecular formula is C28H43N5O7S. The number of rotatable bonds is 6. The molecule has 41 heavy (non-hydrogen) atoms. The van der Waals surface area contributed by atoms with Gasteiger partial charge < -0.3 is 26.0 Å². The van der Waals surface area contributed by atoms with E-state index in [4.69, 9.17) is 0 Å². The molecule has 2 unspecified atom stereocenters. The SMILES string of the molecule is O=C(NC(CN1CCCCS1(=O)=O)C1CC1)N[C@H]1CCCCC/C=C\C2C[C@@]2(C(=O)O)NC(=O)[C@@H]2CCCN2C1=O. The van der Waals surface area contributed by atoms with Crippen molar-refractivity contribution < 1.29 is 32.7 Å². The van der Waals surface area contributed by atoms with Crippen LogP contribution in [0, 0.1) is 11.8 Å². The van der Waals surface area contributed by atoms with E-state index in [0.29, 0.717) is 51.6 Å². The molecule has 13 heteroatoms. The molecule has 0 aromatic heterocycles. The van der Waals surface area contributed by atoms with E-state index < -0.39 is 45.6 Å². The number of aliphatic carboxylic acids is 1. The number of sulfonamides is 1. The van der Waals surface area contributed by atoms with Gasteiger partial charge in [-0.3, -0.25) is 9.59 Å². The Morgan fingerprint density at radius 2 is 1.85 bits per heavy atom. The van der Waals surface area contributed by atoms with E-state index in [0.717, 1.165) is 38.5 Å². The Labute approximate surface area is 241 Å². The summed E-state index contributed by atoms with van der Waals surface area (Å²) < 4.78 is 26.6. The molecule has 0 aromatic rings. The molecule has 4 fully saturated rings. The molecule has 5 aliphatic rings. The van der Waals surface area contributed by atoms with E-state index in [1.165, 1.54) is 9.21 Å². The van der Waals surface area contributed by atoms with Crippen molar-refractivity contribution in [3.63, 3.8) is 0 Å². The summed E-state index contributed by atoms with van der Waals surface area (Å²) in [5.41, 5.74) is -1.33. The number of urea groups is 1. The maximum absolute atomic E-state index is 13.8. The number of fused-ring (bicyclic) bond motifs is 2. The number of hydrogen-bond acceptors (Lipinski definition) is 6. The first-order valence-electron chi connectivity index (χ1n) is 15.2. The van der Waals surface area contributed by atoms with E-state index in [1.54, 1.807) is 0 Å². The number of carbonyl (C=O) groups excluding carboxylic acids is 3. The summed E-state index contributed by atoms with van der Waals surface area (Å²) in [6.07, 6.45) is 12.1. The second-order valence-electron chi connectivity index (χ2n) is 12.3. The molecule has 2 saturated heterocycles. The lowest BCUT2D eigenvalue weighted by molar-refractivity contribution is -0.145.